The van der Waals surface area contributed by atoms with Gasteiger partial charge in [-0.15, -0.1) is 11.3 Å². The minimum atomic E-state index is -0.215. The fourth-order valence-corrected chi connectivity index (χ4v) is 5.33. The third-order valence-electron chi connectivity index (χ3n) is 6.08. The van der Waals surface area contributed by atoms with E-state index in [1.807, 2.05) is 24.0 Å². The van der Waals surface area contributed by atoms with E-state index in [9.17, 15) is 9.59 Å². The number of benzene rings is 2. The van der Waals surface area contributed by atoms with Crippen molar-refractivity contribution in [2.75, 3.05) is 33.4 Å². The molecule has 2 aromatic carbocycles. The zero-order valence-electron chi connectivity index (χ0n) is 19.9. The molecule has 2 heterocycles. The monoisotopic (exact) mass is 512 g/mol. The van der Waals surface area contributed by atoms with Gasteiger partial charge in [0.25, 0.3) is 5.91 Å². The van der Waals surface area contributed by atoms with Crippen molar-refractivity contribution in [3.8, 4) is 11.5 Å². The minimum absolute atomic E-state index is 0.0234. The van der Waals surface area contributed by atoms with Crippen LogP contribution in [-0.2, 0) is 11.2 Å². The van der Waals surface area contributed by atoms with Crippen molar-refractivity contribution in [1.82, 2.24) is 9.80 Å². The number of carbonyl (C=O) groups excluding carboxylic acids is 2. The molecule has 1 atom stereocenters. The number of hydrogen-bond donors (Lipinski definition) is 0. The lowest BCUT2D eigenvalue weighted by molar-refractivity contribution is -0.135. The van der Waals surface area contributed by atoms with Gasteiger partial charge >= 0.3 is 0 Å². The van der Waals surface area contributed by atoms with Crippen LogP contribution in [0.15, 0.2) is 60.0 Å². The fraction of sp³-hybridized carbons (Fsp3) is 0.333. The molecule has 1 aromatic heterocycles. The van der Waals surface area contributed by atoms with Crippen LogP contribution in [-0.4, -0.2) is 55.0 Å². The van der Waals surface area contributed by atoms with Gasteiger partial charge in [0.15, 0.2) is 0 Å². The summed E-state index contributed by atoms with van der Waals surface area (Å²) in [6.07, 6.45) is 1.56. The standard InChI is InChI=1S/C27H29ClN2O4S/c1-3-14-29(27(32)19-4-8-21(33-2)9-5-19)17-26(31)30-15-12-25-23(13-16-35-25)24(30)18-34-22-10-6-20(28)7-11-22/h4-11,13,16,24H,3,12,14-15,17-18H2,1-2H3/t24-/m0/s1. The van der Waals surface area contributed by atoms with Crippen molar-refractivity contribution < 1.29 is 19.1 Å². The first kappa shape index (κ1) is 25.1. The summed E-state index contributed by atoms with van der Waals surface area (Å²) in [7, 11) is 1.59. The first-order chi connectivity index (χ1) is 17.0. The van der Waals surface area contributed by atoms with Gasteiger partial charge in [0.05, 0.1) is 13.2 Å². The summed E-state index contributed by atoms with van der Waals surface area (Å²) in [4.78, 5) is 31.5. The van der Waals surface area contributed by atoms with Crippen LogP contribution >= 0.6 is 22.9 Å². The molecule has 0 saturated heterocycles. The van der Waals surface area contributed by atoms with Crippen molar-refractivity contribution in [3.63, 3.8) is 0 Å². The Kier molecular flexibility index (Phi) is 8.31. The van der Waals surface area contributed by atoms with E-state index in [4.69, 9.17) is 21.1 Å². The highest BCUT2D eigenvalue weighted by atomic mass is 35.5. The number of rotatable bonds is 9. The zero-order valence-corrected chi connectivity index (χ0v) is 21.5. The molecule has 8 heteroatoms. The molecule has 2 amide bonds. The lowest BCUT2D eigenvalue weighted by Gasteiger charge is -2.37. The van der Waals surface area contributed by atoms with Crippen molar-refractivity contribution in [2.45, 2.75) is 25.8 Å². The second-order valence-electron chi connectivity index (χ2n) is 8.37. The highest BCUT2D eigenvalue weighted by molar-refractivity contribution is 7.10. The lowest BCUT2D eigenvalue weighted by atomic mass is 10.0. The number of amides is 2. The maximum atomic E-state index is 13.6. The summed E-state index contributed by atoms with van der Waals surface area (Å²) in [5.41, 5.74) is 1.65. The van der Waals surface area contributed by atoms with Crippen molar-refractivity contribution in [1.29, 1.82) is 0 Å². The maximum absolute atomic E-state index is 13.6. The Balaban J connectivity index is 1.50. The van der Waals surface area contributed by atoms with Crippen LogP contribution in [0.1, 0.15) is 40.2 Å². The summed E-state index contributed by atoms with van der Waals surface area (Å²) in [6.45, 7) is 3.45. The highest BCUT2D eigenvalue weighted by Gasteiger charge is 2.33. The summed E-state index contributed by atoms with van der Waals surface area (Å²) in [5, 5.41) is 2.70. The maximum Gasteiger partial charge on any atom is 0.254 e. The van der Waals surface area contributed by atoms with E-state index in [0.29, 0.717) is 41.8 Å². The van der Waals surface area contributed by atoms with Crippen LogP contribution in [0.2, 0.25) is 5.02 Å². The molecule has 0 aliphatic carbocycles. The van der Waals surface area contributed by atoms with E-state index < -0.39 is 0 Å². The first-order valence-corrected chi connectivity index (χ1v) is 12.9. The van der Waals surface area contributed by atoms with E-state index in [2.05, 4.69) is 11.4 Å². The molecule has 0 spiro atoms. The number of fused-ring (bicyclic) bond motifs is 1. The number of methoxy groups -OCH3 is 1. The number of nitrogens with zero attached hydrogens (tertiary/aromatic N) is 2. The summed E-state index contributed by atoms with van der Waals surface area (Å²) < 4.78 is 11.3. The highest BCUT2D eigenvalue weighted by Crippen LogP contribution is 2.34. The predicted molar refractivity (Wildman–Crippen MR) is 139 cm³/mol. The Morgan fingerprint density at radius 3 is 2.49 bits per heavy atom. The van der Waals surface area contributed by atoms with Gasteiger partial charge in [-0.2, -0.15) is 0 Å². The molecule has 0 fully saturated rings. The molecule has 4 rings (SSSR count). The van der Waals surface area contributed by atoms with Crippen molar-refractivity contribution in [2.24, 2.45) is 0 Å². The number of halogens is 1. The molecule has 35 heavy (non-hydrogen) atoms. The van der Waals surface area contributed by atoms with Crippen LogP contribution in [0, 0.1) is 0 Å². The summed E-state index contributed by atoms with van der Waals surface area (Å²) in [5.74, 6) is 1.14. The van der Waals surface area contributed by atoms with Crippen LogP contribution < -0.4 is 9.47 Å². The van der Waals surface area contributed by atoms with E-state index in [1.54, 1.807) is 59.7 Å². The topological polar surface area (TPSA) is 59.1 Å². The number of thiophene rings is 1. The molecule has 6 nitrogen and oxygen atoms in total. The quantitative estimate of drug-likeness (QED) is 0.381. The third kappa shape index (κ3) is 5.97. The van der Waals surface area contributed by atoms with Crippen LogP contribution in [0.4, 0.5) is 0 Å². The summed E-state index contributed by atoms with van der Waals surface area (Å²) >= 11 is 7.70. The van der Waals surface area contributed by atoms with E-state index in [0.717, 1.165) is 18.4 Å². The molecule has 1 aliphatic heterocycles. The van der Waals surface area contributed by atoms with Gasteiger partial charge in [-0.3, -0.25) is 9.59 Å². The molecular formula is C27H29ClN2O4S. The van der Waals surface area contributed by atoms with Gasteiger partial charge in [0.1, 0.15) is 24.7 Å². The zero-order chi connectivity index (χ0) is 24.8. The molecule has 0 N–H and O–H groups in total. The van der Waals surface area contributed by atoms with Crippen LogP contribution in [0.5, 0.6) is 11.5 Å². The van der Waals surface area contributed by atoms with E-state index in [1.165, 1.54) is 4.88 Å². The number of hydrogen-bond acceptors (Lipinski definition) is 5. The Morgan fingerprint density at radius 1 is 1.09 bits per heavy atom. The SMILES string of the molecule is CCCN(CC(=O)N1CCc2sccc2[C@@H]1COc1ccc(Cl)cc1)C(=O)c1ccc(OC)cc1. The molecular weight excluding hydrogens is 484 g/mol. The molecule has 0 radical (unpaired) electrons. The molecule has 3 aromatic rings. The second kappa shape index (κ2) is 11.6. The Hall–Kier alpha value is -3.03. The average Bonchev–Trinajstić information content (AvgIpc) is 3.37. The lowest BCUT2D eigenvalue weighted by Crippen LogP contribution is -2.48. The van der Waals surface area contributed by atoms with Gasteiger partial charge in [-0.1, -0.05) is 18.5 Å². The smallest absolute Gasteiger partial charge is 0.254 e. The van der Waals surface area contributed by atoms with E-state index >= 15 is 0 Å². The number of ether oxygens (including phenoxy) is 2. The van der Waals surface area contributed by atoms with Crippen molar-refractivity contribution >= 4 is 34.8 Å². The van der Waals surface area contributed by atoms with Gasteiger partial charge < -0.3 is 19.3 Å². The fourth-order valence-electron chi connectivity index (χ4n) is 4.27. The summed E-state index contributed by atoms with van der Waals surface area (Å²) in [6, 6.07) is 16.0. The Morgan fingerprint density at radius 2 is 1.80 bits per heavy atom. The molecule has 1 aliphatic rings. The van der Waals surface area contributed by atoms with E-state index in [-0.39, 0.29) is 24.4 Å². The number of carbonyl (C=O) groups is 2. The minimum Gasteiger partial charge on any atom is -0.497 e. The average molecular weight is 513 g/mol. The van der Waals surface area contributed by atoms with Gasteiger partial charge in [0, 0.05) is 28.6 Å². The molecule has 0 saturated carbocycles. The molecule has 0 bridgehead atoms. The van der Waals surface area contributed by atoms with Gasteiger partial charge in [-0.25, -0.2) is 0 Å². The molecule has 0 unspecified atom stereocenters. The third-order valence-corrected chi connectivity index (χ3v) is 7.33. The predicted octanol–water partition coefficient (Wildman–Crippen LogP) is 5.47. The van der Waals surface area contributed by atoms with Gasteiger partial charge in [-0.05, 0) is 78.4 Å². The van der Waals surface area contributed by atoms with Crippen molar-refractivity contribution in [3.05, 3.63) is 81.0 Å². The second-order valence-corrected chi connectivity index (χ2v) is 9.81. The van der Waals surface area contributed by atoms with Crippen LogP contribution in [0.25, 0.3) is 0 Å². The molecule has 184 valence electrons. The Labute approximate surface area is 215 Å². The largest absolute Gasteiger partial charge is 0.497 e. The Bertz CT molecular complexity index is 1150. The van der Waals surface area contributed by atoms with Gasteiger partial charge in [0.2, 0.25) is 5.91 Å². The first-order valence-electron chi connectivity index (χ1n) is 11.7. The van der Waals surface area contributed by atoms with Crippen LogP contribution in [0.3, 0.4) is 0 Å². The normalized spacial score (nSPS) is 14.8.